The van der Waals surface area contributed by atoms with Gasteiger partial charge in [-0.1, -0.05) is 12.1 Å². The molecule has 0 radical (unpaired) electrons. The first-order valence-electron chi connectivity index (χ1n) is 8.05. The Morgan fingerprint density at radius 1 is 1.12 bits per heavy atom. The van der Waals surface area contributed by atoms with Crippen molar-refractivity contribution < 1.29 is 4.39 Å². The van der Waals surface area contributed by atoms with Crippen LogP contribution in [0.3, 0.4) is 0 Å². The molecule has 7 heteroatoms. The van der Waals surface area contributed by atoms with Crippen LogP contribution in [-0.2, 0) is 13.6 Å². The zero-order valence-corrected chi connectivity index (χ0v) is 13.7. The Balaban J connectivity index is 1.69. The fourth-order valence-electron chi connectivity index (χ4n) is 2.98. The minimum absolute atomic E-state index is 0.221. The summed E-state index contributed by atoms with van der Waals surface area (Å²) in [6.45, 7) is 3.84. The molecular weight excluding hydrogens is 311 g/mol. The molecule has 6 nitrogen and oxygen atoms in total. The number of anilines is 1. The Hall–Kier alpha value is -2.41. The van der Waals surface area contributed by atoms with Crippen molar-refractivity contribution in [2.75, 3.05) is 31.1 Å². The van der Waals surface area contributed by atoms with Crippen LogP contribution in [0.15, 0.2) is 39.9 Å². The van der Waals surface area contributed by atoms with E-state index >= 15 is 0 Å². The zero-order valence-electron chi connectivity index (χ0n) is 13.7. The molecule has 128 valence electrons. The molecule has 0 bridgehead atoms. The summed E-state index contributed by atoms with van der Waals surface area (Å²) in [5.41, 5.74) is 0.235. The van der Waals surface area contributed by atoms with Crippen molar-refractivity contribution in [1.29, 1.82) is 0 Å². The van der Waals surface area contributed by atoms with Gasteiger partial charge in [0.05, 0.1) is 0 Å². The van der Waals surface area contributed by atoms with E-state index in [2.05, 4.69) is 9.88 Å². The predicted molar refractivity (Wildman–Crippen MR) is 90.8 cm³/mol. The largest absolute Gasteiger partial charge is 0.357 e. The highest BCUT2D eigenvalue weighted by atomic mass is 19.1. The molecule has 1 saturated heterocycles. The number of halogens is 1. The minimum atomic E-state index is -0.404. The number of rotatable bonds is 3. The second-order valence-corrected chi connectivity index (χ2v) is 6.10. The molecule has 0 amide bonds. The standard InChI is InChI=1S/C17H21FN4O2/c1-20-16(23)11-15(19-17(20)24)22-7-3-6-21(8-9-22)12-13-4-2-5-14(18)10-13/h2,4-5,10-11H,3,6-9,12H2,1H3,(H,19,24). The first-order valence-corrected chi connectivity index (χ1v) is 8.05. The molecule has 24 heavy (non-hydrogen) atoms. The normalized spacial score (nSPS) is 16.2. The number of hydrogen-bond donors (Lipinski definition) is 1. The van der Waals surface area contributed by atoms with Crippen LogP contribution in [0, 0.1) is 5.82 Å². The molecule has 1 aromatic carbocycles. The predicted octanol–water partition coefficient (Wildman–Crippen LogP) is 0.925. The van der Waals surface area contributed by atoms with Crippen LogP contribution in [-0.4, -0.2) is 40.6 Å². The van der Waals surface area contributed by atoms with Crippen molar-refractivity contribution in [2.24, 2.45) is 7.05 Å². The molecular formula is C17H21FN4O2. The Morgan fingerprint density at radius 2 is 1.96 bits per heavy atom. The van der Waals surface area contributed by atoms with E-state index in [9.17, 15) is 14.0 Å². The summed E-state index contributed by atoms with van der Waals surface area (Å²) in [6.07, 6.45) is 0.909. The molecule has 0 unspecified atom stereocenters. The van der Waals surface area contributed by atoms with E-state index in [1.165, 1.54) is 19.2 Å². The van der Waals surface area contributed by atoms with Gasteiger partial charge >= 0.3 is 5.69 Å². The molecule has 2 heterocycles. The fraction of sp³-hybridized carbons (Fsp3) is 0.412. The summed E-state index contributed by atoms with van der Waals surface area (Å²) in [6, 6.07) is 8.11. The molecule has 0 aliphatic carbocycles. The molecule has 1 aliphatic heterocycles. The van der Waals surface area contributed by atoms with E-state index in [1.54, 1.807) is 12.1 Å². The van der Waals surface area contributed by atoms with Gasteiger partial charge in [0, 0.05) is 45.8 Å². The van der Waals surface area contributed by atoms with Gasteiger partial charge in [-0.3, -0.25) is 19.2 Å². The molecule has 0 spiro atoms. The molecule has 0 saturated carbocycles. The number of nitrogens with one attached hydrogen (secondary N) is 1. The summed E-state index contributed by atoms with van der Waals surface area (Å²) in [4.78, 5) is 30.6. The first kappa shape index (κ1) is 16.4. The van der Waals surface area contributed by atoms with Crippen LogP contribution in [0.25, 0.3) is 0 Å². The maximum absolute atomic E-state index is 13.3. The van der Waals surface area contributed by atoms with Gasteiger partial charge in [0.15, 0.2) is 0 Å². The zero-order chi connectivity index (χ0) is 17.1. The Bertz CT molecular complexity index is 799. The Morgan fingerprint density at radius 3 is 2.71 bits per heavy atom. The van der Waals surface area contributed by atoms with Gasteiger partial charge in [0.1, 0.15) is 11.6 Å². The maximum Gasteiger partial charge on any atom is 0.329 e. The lowest BCUT2D eigenvalue weighted by molar-refractivity contribution is 0.285. The number of hydrogen-bond acceptors (Lipinski definition) is 4. The lowest BCUT2D eigenvalue weighted by atomic mass is 10.2. The summed E-state index contributed by atoms with van der Waals surface area (Å²) in [7, 11) is 1.45. The number of nitrogens with zero attached hydrogens (tertiary/aromatic N) is 3. The summed E-state index contributed by atoms with van der Waals surface area (Å²) in [5.74, 6) is 0.345. The van der Waals surface area contributed by atoms with Crippen molar-refractivity contribution in [3.63, 3.8) is 0 Å². The molecule has 3 rings (SSSR count). The van der Waals surface area contributed by atoms with Crippen molar-refractivity contribution >= 4 is 5.82 Å². The monoisotopic (exact) mass is 332 g/mol. The fourth-order valence-corrected chi connectivity index (χ4v) is 2.98. The highest BCUT2D eigenvalue weighted by Gasteiger charge is 2.17. The molecule has 0 atom stereocenters. The molecule has 2 aromatic rings. The second kappa shape index (κ2) is 7.00. The van der Waals surface area contributed by atoms with Crippen LogP contribution in [0.1, 0.15) is 12.0 Å². The van der Waals surface area contributed by atoms with Crippen LogP contribution in [0.2, 0.25) is 0 Å². The summed E-state index contributed by atoms with van der Waals surface area (Å²) < 4.78 is 14.4. The van der Waals surface area contributed by atoms with Crippen molar-refractivity contribution in [2.45, 2.75) is 13.0 Å². The number of aromatic amines is 1. The number of benzene rings is 1. The van der Waals surface area contributed by atoms with Crippen molar-refractivity contribution in [3.8, 4) is 0 Å². The average molecular weight is 332 g/mol. The van der Waals surface area contributed by atoms with E-state index in [0.29, 0.717) is 18.9 Å². The minimum Gasteiger partial charge on any atom is -0.357 e. The first-order chi connectivity index (χ1) is 11.5. The van der Waals surface area contributed by atoms with Gasteiger partial charge in [0.25, 0.3) is 5.56 Å². The van der Waals surface area contributed by atoms with Crippen LogP contribution < -0.4 is 16.1 Å². The third-order valence-electron chi connectivity index (χ3n) is 4.35. The van der Waals surface area contributed by atoms with Gasteiger partial charge in [-0.25, -0.2) is 9.18 Å². The maximum atomic E-state index is 13.3. The summed E-state index contributed by atoms with van der Waals surface area (Å²) >= 11 is 0. The van der Waals surface area contributed by atoms with E-state index < -0.39 is 5.69 Å². The quantitative estimate of drug-likeness (QED) is 0.908. The van der Waals surface area contributed by atoms with Gasteiger partial charge < -0.3 is 4.90 Å². The van der Waals surface area contributed by atoms with Crippen molar-refractivity contribution in [1.82, 2.24) is 14.5 Å². The third-order valence-corrected chi connectivity index (χ3v) is 4.35. The van der Waals surface area contributed by atoms with E-state index in [1.807, 2.05) is 11.0 Å². The van der Waals surface area contributed by atoms with Gasteiger partial charge in [-0.15, -0.1) is 0 Å². The van der Waals surface area contributed by atoms with Crippen LogP contribution in [0.4, 0.5) is 10.2 Å². The molecule has 1 fully saturated rings. The lowest BCUT2D eigenvalue weighted by Gasteiger charge is -2.23. The average Bonchev–Trinajstić information content (AvgIpc) is 2.78. The lowest BCUT2D eigenvalue weighted by Crippen LogP contribution is -2.37. The Labute approximate surface area is 139 Å². The smallest absolute Gasteiger partial charge is 0.329 e. The van der Waals surface area contributed by atoms with Crippen LogP contribution >= 0.6 is 0 Å². The number of H-pyrrole nitrogens is 1. The van der Waals surface area contributed by atoms with E-state index in [4.69, 9.17) is 0 Å². The highest BCUT2D eigenvalue weighted by Crippen LogP contribution is 2.13. The van der Waals surface area contributed by atoms with Gasteiger partial charge in [-0.05, 0) is 24.1 Å². The topological polar surface area (TPSA) is 61.3 Å². The molecule has 1 aliphatic rings. The van der Waals surface area contributed by atoms with E-state index in [-0.39, 0.29) is 11.4 Å². The Kier molecular flexibility index (Phi) is 4.80. The number of aromatic nitrogens is 2. The van der Waals surface area contributed by atoms with Gasteiger partial charge in [-0.2, -0.15) is 0 Å². The summed E-state index contributed by atoms with van der Waals surface area (Å²) in [5, 5.41) is 0. The SMILES string of the molecule is Cn1c(=O)cc(N2CCCN(Cc3cccc(F)c3)CC2)[nH]c1=O. The highest BCUT2D eigenvalue weighted by molar-refractivity contribution is 5.36. The molecule has 1 N–H and O–H groups in total. The molecule has 1 aromatic heterocycles. The van der Waals surface area contributed by atoms with Gasteiger partial charge in [0.2, 0.25) is 0 Å². The third kappa shape index (κ3) is 3.73. The van der Waals surface area contributed by atoms with Crippen molar-refractivity contribution in [3.05, 3.63) is 62.6 Å². The van der Waals surface area contributed by atoms with Crippen LogP contribution in [0.5, 0.6) is 0 Å². The second-order valence-electron chi connectivity index (χ2n) is 6.10. The van der Waals surface area contributed by atoms with E-state index in [0.717, 1.165) is 36.2 Å².